The van der Waals surface area contributed by atoms with Crippen LogP contribution < -0.4 is 4.90 Å². The van der Waals surface area contributed by atoms with E-state index in [4.69, 9.17) is 0 Å². The van der Waals surface area contributed by atoms with Gasteiger partial charge in [0.15, 0.2) is 0 Å². The molecule has 0 spiro atoms. The van der Waals surface area contributed by atoms with E-state index in [1.807, 2.05) is 12.4 Å². The van der Waals surface area contributed by atoms with Crippen molar-refractivity contribution >= 4 is 33.1 Å². The highest BCUT2D eigenvalue weighted by Gasteiger charge is 2.16. The second-order valence-corrected chi connectivity index (χ2v) is 11.4. The van der Waals surface area contributed by atoms with Crippen molar-refractivity contribution in [3.8, 4) is 11.1 Å². The van der Waals surface area contributed by atoms with Gasteiger partial charge in [-0.2, -0.15) is 0 Å². The maximum absolute atomic E-state index is 3.33. The Bertz CT molecular complexity index is 1680. The zero-order valence-corrected chi connectivity index (χ0v) is 23.2. The molecule has 0 amide bonds. The number of rotatable bonds is 5. The fourth-order valence-corrected chi connectivity index (χ4v) is 6.47. The highest BCUT2D eigenvalue weighted by atomic mass is 15.2. The molecule has 4 heterocycles. The Morgan fingerprint density at radius 3 is 2.17 bits per heavy atom. The molecule has 5 aromatic rings. The van der Waals surface area contributed by atoms with Crippen molar-refractivity contribution in [2.24, 2.45) is 0 Å². The SMILES string of the molecule is C1=C/C(c2ccc3[nH]ccc3c2)=C\CCc2cc(-c3ccc4[nH]ccc4c3)ccc2N(CCN2CCCCC2)C1. The summed E-state index contributed by atoms with van der Waals surface area (Å²) in [5.74, 6) is 0. The Hall–Kier alpha value is -4.02. The number of nitrogens with one attached hydrogen (secondary N) is 2. The largest absolute Gasteiger partial charge is 0.366 e. The summed E-state index contributed by atoms with van der Waals surface area (Å²) in [5, 5.41) is 2.53. The van der Waals surface area contributed by atoms with Crippen molar-refractivity contribution in [1.82, 2.24) is 14.9 Å². The molecule has 2 aromatic heterocycles. The number of H-pyrrole nitrogens is 2. The number of benzene rings is 3. The second kappa shape index (κ2) is 11.2. The van der Waals surface area contributed by atoms with Crippen LogP contribution in [0.3, 0.4) is 0 Å². The van der Waals surface area contributed by atoms with Gasteiger partial charge < -0.3 is 19.8 Å². The summed E-state index contributed by atoms with van der Waals surface area (Å²) in [6.45, 7) is 5.59. The van der Waals surface area contributed by atoms with E-state index >= 15 is 0 Å². The van der Waals surface area contributed by atoms with Crippen molar-refractivity contribution < 1.29 is 0 Å². The lowest BCUT2D eigenvalue weighted by Gasteiger charge is -2.32. The highest BCUT2D eigenvalue weighted by Crippen LogP contribution is 2.32. The third-order valence-electron chi connectivity index (χ3n) is 8.73. The van der Waals surface area contributed by atoms with Gasteiger partial charge in [0, 0.05) is 48.7 Å². The molecule has 0 radical (unpaired) electrons. The molecule has 0 saturated carbocycles. The van der Waals surface area contributed by atoms with E-state index in [1.165, 1.54) is 87.7 Å². The van der Waals surface area contributed by atoms with E-state index in [-0.39, 0.29) is 0 Å². The van der Waals surface area contributed by atoms with E-state index in [2.05, 4.69) is 105 Å². The Labute approximate surface area is 237 Å². The lowest BCUT2D eigenvalue weighted by molar-refractivity contribution is 0.233. The summed E-state index contributed by atoms with van der Waals surface area (Å²) in [4.78, 5) is 11.9. The van der Waals surface area contributed by atoms with Crippen LogP contribution in [-0.4, -0.2) is 47.6 Å². The summed E-state index contributed by atoms with van der Waals surface area (Å²) in [6.07, 6.45) is 17.3. The number of hydrogen-bond donors (Lipinski definition) is 2. The molecule has 7 rings (SSSR count). The first-order valence-electron chi connectivity index (χ1n) is 14.9. The monoisotopic (exact) mass is 526 g/mol. The number of fused-ring (bicyclic) bond motifs is 3. The van der Waals surface area contributed by atoms with Crippen LogP contribution in [0.15, 0.2) is 97.4 Å². The average molecular weight is 527 g/mol. The number of aryl methyl sites for hydroxylation is 1. The smallest absolute Gasteiger partial charge is 0.0454 e. The molecular weight excluding hydrogens is 488 g/mol. The van der Waals surface area contributed by atoms with Crippen molar-refractivity contribution in [3.63, 3.8) is 0 Å². The van der Waals surface area contributed by atoms with Crippen LogP contribution in [0.25, 0.3) is 38.5 Å². The molecule has 202 valence electrons. The van der Waals surface area contributed by atoms with Crippen molar-refractivity contribution in [2.75, 3.05) is 37.6 Å². The molecule has 3 aromatic carbocycles. The predicted molar refractivity (Wildman–Crippen MR) is 170 cm³/mol. The van der Waals surface area contributed by atoms with Gasteiger partial charge in [0.1, 0.15) is 0 Å². The van der Waals surface area contributed by atoms with E-state index in [0.717, 1.165) is 32.5 Å². The first kappa shape index (κ1) is 25.0. The number of aromatic nitrogens is 2. The van der Waals surface area contributed by atoms with Gasteiger partial charge in [-0.1, -0.05) is 42.8 Å². The van der Waals surface area contributed by atoms with Crippen molar-refractivity contribution in [3.05, 3.63) is 108 Å². The second-order valence-electron chi connectivity index (χ2n) is 11.4. The van der Waals surface area contributed by atoms with Gasteiger partial charge in [0.05, 0.1) is 0 Å². The van der Waals surface area contributed by atoms with Crippen molar-refractivity contribution in [1.29, 1.82) is 0 Å². The third kappa shape index (κ3) is 5.24. The standard InChI is InChI=1S/C36H38N4/c1-2-19-39(20-3-1)22-23-40-21-5-8-27(28-9-12-34-31(24-28)15-17-37-34)6-4-7-33-26-30(11-14-36(33)40)29-10-13-35-32(25-29)16-18-38-35/h5-6,8-18,24-26,37-38H,1-4,7,19-23H2/b8-5?,27-6+. The fourth-order valence-electron chi connectivity index (χ4n) is 6.47. The fraction of sp³-hybridized carbons (Fsp3) is 0.278. The van der Waals surface area contributed by atoms with E-state index in [9.17, 15) is 0 Å². The number of aromatic amines is 2. The van der Waals surface area contributed by atoms with Gasteiger partial charge >= 0.3 is 0 Å². The molecule has 0 unspecified atom stereocenters. The van der Waals surface area contributed by atoms with E-state index in [1.54, 1.807) is 0 Å². The van der Waals surface area contributed by atoms with Crippen molar-refractivity contribution in [2.45, 2.75) is 32.1 Å². The summed E-state index contributed by atoms with van der Waals surface area (Å²) >= 11 is 0. The minimum absolute atomic E-state index is 0.916. The molecule has 2 N–H and O–H groups in total. The predicted octanol–water partition coefficient (Wildman–Crippen LogP) is 8.19. The molecule has 0 atom stereocenters. The molecule has 4 nitrogen and oxygen atoms in total. The first-order chi connectivity index (χ1) is 19.8. The van der Waals surface area contributed by atoms with Gasteiger partial charge in [0.25, 0.3) is 0 Å². The molecule has 2 aliphatic heterocycles. The first-order valence-corrected chi connectivity index (χ1v) is 14.9. The Kier molecular flexibility index (Phi) is 7.01. The lowest BCUT2D eigenvalue weighted by Crippen LogP contribution is -2.38. The molecule has 40 heavy (non-hydrogen) atoms. The van der Waals surface area contributed by atoms with Crippen LogP contribution in [0.2, 0.25) is 0 Å². The normalized spacial score (nSPS) is 18.1. The zero-order valence-electron chi connectivity index (χ0n) is 23.2. The molecule has 1 fully saturated rings. The van der Waals surface area contributed by atoms with Gasteiger partial charge in [-0.15, -0.1) is 0 Å². The number of nitrogens with zero attached hydrogens (tertiary/aromatic N) is 2. The summed E-state index contributed by atoms with van der Waals surface area (Å²) < 4.78 is 0. The van der Waals surface area contributed by atoms with Gasteiger partial charge in [-0.05, 0) is 126 Å². The van der Waals surface area contributed by atoms with E-state index < -0.39 is 0 Å². The summed E-state index contributed by atoms with van der Waals surface area (Å²) in [7, 11) is 0. The minimum atomic E-state index is 0.916. The topological polar surface area (TPSA) is 38.1 Å². The molecule has 2 aliphatic rings. The molecule has 4 heteroatoms. The highest BCUT2D eigenvalue weighted by molar-refractivity contribution is 5.87. The van der Waals surface area contributed by atoms with Crippen LogP contribution in [0.5, 0.6) is 0 Å². The maximum Gasteiger partial charge on any atom is 0.0454 e. The average Bonchev–Trinajstić information content (AvgIpc) is 3.67. The van der Waals surface area contributed by atoms with Crippen LogP contribution in [0, 0.1) is 0 Å². The molecular formula is C36H38N4. The minimum Gasteiger partial charge on any atom is -0.366 e. The van der Waals surface area contributed by atoms with Crippen LogP contribution in [0.4, 0.5) is 5.69 Å². The molecule has 0 aliphatic carbocycles. The van der Waals surface area contributed by atoms with Crippen LogP contribution in [-0.2, 0) is 6.42 Å². The lowest BCUT2D eigenvalue weighted by atomic mass is 9.96. The summed E-state index contributed by atoms with van der Waals surface area (Å²) in [5.41, 5.74) is 10.4. The maximum atomic E-state index is 3.33. The third-order valence-corrected chi connectivity index (χ3v) is 8.73. The Morgan fingerprint density at radius 1 is 0.675 bits per heavy atom. The van der Waals surface area contributed by atoms with Crippen LogP contribution >= 0.6 is 0 Å². The number of anilines is 1. The van der Waals surface area contributed by atoms with E-state index in [0.29, 0.717) is 0 Å². The summed E-state index contributed by atoms with van der Waals surface area (Å²) in [6, 6.07) is 25.0. The number of likely N-dealkylation sites (tertiary alicyclic amines) is 1. The molecule has 0 bridgehead atoms. The molecule has 1 saturated heterocycles. The number of piperidine rings is 1. The van der Waals surface area contributed by atoms with Gasteiger partial charge in [-0.25, -0.2) is 0 Å². The quantitative estimate of drug-likeness (QED) is 0.242. The Morgan fingerprint density at radius 2 is 1.38 bits per heavy atom. The number of allylic oxidation sites excluding steroid dienone is 3. The van der Waals surface area contributed by atoms with Crippen LogP contribution in [0.1, 0.15) is 36.8 Å². The zero-order chi connectivity index (χ0) is 26.7. The van der Waals surface area contributed by atoms with Gasteiger partial charge in [0.2, 0.25) is 0 Å². The Balaban J connectivity index is 1.22. The van der Waals surface area contributed by atoms with Gasteiger partial charge in [-0.3, -0.25) is 0 Å². The number of hydrogen-bond acceptors (Lipinski definition) is 2.